The van der Waals surface area contributed by atoms with Gasteiger partial charge in [0.05, 0.1) is 22.4 Å². The van der Waals surface area contributed by atoms with E-state index in [9.17, 15) is 0 Å². The molecule has 1 aromatic heterocycles. The molecule has 96 valence electrons. The van der Waals surface area contributed by atoms with Gasteiger partial charge in [-0.1, -0.05) is 11.6 Å². The van der Waals surface area contributed by atoms with Crippen LogP contribution in [0.25, 0.3) is 11.0 Å². The monoisotopic (exact) mass is 282 g/mol. The molecule has 1 aliphatic rings. The van der Waals surface area contributed by atoms with Gasteiger partial charge in [0.15, 0.2) is 0 Å². The van der Waals surface area contributed by atoms with E-state index < -0.39 is 0 Å². The van der Waals surface area contributed by atoms with Crippen molar-refractivity contribution in [3.05, 3.63) is 17.2 Å². The minimum absolute atomic E-state index is 0.408. The number of rotatable bonds is 1. The molecular formula is C12H15ClN4S. The molecule has 18 heavy (non-hydrogen) atoms. The molecule has 1 saturated heterocycles. The summed E-state index contributed by atoms with van der Waals surface area (Å²) in [4.78, 5) is 2.34. The summed E-state index contributed by atoms with van der Waals surface area (Å²) in [6.07, 6.45) is 0. The molecule has 0 spiro atoms. The Labute approximate surface area is 115 Å². The fourth-order valence-electron chi connectivity index (χ4n) is 2.42. The molecule has 2 unspecified atom stereocenters. The first-order valence-electron chi connectivity index (χ1n) is 6.07. The van der Waals surface area contributed by atoms with Crippen LogP contribution in [0, 0.1) is 0 Å². The highest BCUT2D eigenvalue weighted by Crippen LogP contribution is 2.35. The zero-order chi connectivity index (χ0) is 12.7. The van der Waals surface area contributed by atoms with Gasteiger partial charge in [-0.25, -0.2) is 0 Å². The second kappa shape index (κ2) is 4.64. The summed E-state index contributed by atoms with van der Waals surface area (Å²) >= 11 is 7.62. The third kappa shape index (κ3) is 1.96. The van der Waals surface area contributed by atoms with E-state index in [0.29, 0.717) is 12.1 Å². The molecule has 2 atom stereocenters. The van der Waals surface area contributed by atoms with E-state index in [-0.39, 0.29) is 0 Å². The summed E-state index contributed by atoms with van der Waals surface area (Å²) < 4.78 is 8.69. The molecule has 0 aliphatic carbocycles. The number of fused-ring (bicyclic) bond motifs is 1. The average molecular weight is 283 g/mol. The van der Waals surface area contributed by atoms with Crippen LogP contribution in [0.15, 0.2) is 12.1 Å². The number of nitrogens with one attached hydrogen (secondary N) is 1. The summed E-state index contributed by atoms with van der Waals surface area (Å²) in [5.41, 5.74) is 2.88. The smallest absolute Gasteiger partial charge is 0.129 e. The summed E-state index contributed by atoms with van der Waals surface area (Å²) in [7, 11) is 0. The first-order valence-corrected chi connectivity index (χ1v) is 7.18. The van der Waals surface area contributed by atoms with Gasteiger partial charge in [0, 0.05) is 25.2 Å². The van der Waals surface area contributed by atoms with E-state index in [1.165, 1.54) is 11.7 Å². The number of hydrogen-bond acceptors (Lipinski definition) is 5. The van der Waals surface area contributed by atoms with E-state index >= 15 is 0 Å². The van der Waals surface area contributed by atoms with Crippen LogP contribution in [0.2, 0.25) is 5.02 Å². The Morgan fingerprint density at radius 2 is 2.22 bits per heavy atom. The van der Waals surface area contributed by atoms with Crippen molar-refractivity contribution in [1.29, 1.82) is 0 Å². The predicted molar refractivity (Wildman–Crippen MR) is 76.7 cm³/mol. The first kappa shape index (κ1) is 12.1. The lowest BCUT2D eigenvalue weighted by Gasteiger charge is -2.39. The maximum Gasteiger partial charge on any atom is 0.129 e. The van der Waals surface area contributed by atoms with Gasteiger partial charge in [-0.2, -0.15) is 8.75 Å². The molecular weight excluding hydrogens is 268 g/mol. The molecule has 6 heteroatoms. The van der Waals surface area contributed by atoms with Crippen LogP contribution < -0.4 is 10.2 Å². The Morgan fingerprint density at radius 1 is 1.39 bits per heavy atom. The van der Waals surface area contributed by atoms with Crippen molar-refractivity contribution >= 4 is 40.0 Å². The minimum atomic E-state index is 0.408. The molecule has 4 nitrogen and oxygen atoms in total. The number of piperazine rings is 1. The Kier molecular flexibility index (Phi) is 3.13. The Balaban J connectivity index is 2.11. The fraction of sp³-hybridized carbons (Fsp3) is 0.500. The summed E-state index contributed by atoms with van der Waals surface area (Å²) in [6, 6.07) is 4.71. The maximum absolute atomic E-state index is 6.38. The van der Waals surface area contributed by atoms with E-state index in [1.54, 1.807) is 0 Å². The lowest BCUT2D eigenvalue weighted by atomic mass is 10.1. The molecule has 0 saturated carbocycles. The van der Waals surface area contributed by atoms with Crippen LogP contribution in [0.5, 0.6) is 0 Å². The highest BCUT2D eigenvalue weighted by atomic mass is 35.5. The van der Waals surface area contributed by atoms with E-state index in [4.69, 9.17) is 11.6 Å². The number of hydrogen-bond donors (Lipinski definition) is 1. The van der Waals surface area contributed by atoms with Crippen LogP contribution in [0.3, 0.4) is 0 Å². The Bertz CT molecular complexity index is 570. The van der Waals surface area contributed by atoms with E-state index in [0.717, 1.165) is 34.8 Å². The summed E-state index contributed by atoms with van der Waals surface area (Å²) in [5.74, 6) is 0. The van der Waals surface area contributed by atoms with E-state index in [1.807, 2.05) is 12.1 Å². The van der Waals surface area contributed by atoms with Crippen LogP contribution in [0.4, 0.5) is 5.69 Å². The molecule has 1 aromatic carbocycles. The molecule has 1 N–H and O–H groups in total. The molecule has 0 radical (unpaired) electrons. The molecule has 1 fully saturated rings. The Hall–Kier alpha value is -0.910. The zero-order valence-corrected chi connectivity index (χ0v) is 11.9. The number of nitrogens with zero attached hydrogens (tertiary/aromatic N) is 3. The summed E-state index contributed by atoms with van der Waals surface area (Å²) in [6.45, 7) is 6.29. The number of aromatic nitrogens is 2. The van der Waals surface area contributed by atoms with E-state index in [2.05, 4.69) is 32.8 Å². The number of halogens is 1. The van der Waals surface area contributed by atoms with Crippen molar-refractivity contribution in [2.24, 2.45) is 0 Å². The lowest BCUT2D eigenvalue weighted by molar-refractivity contribution is 0.426. The third-order valence-electron chi connectivity index (χ3n) is 3.40. The average Bonchev–Trinajstić information content (AvgIpc) is 2.81. The third-order valence-corrected chi connectivity index (χ3v) is 4.25. The topological polar surface area (TPSA) is 41.1 Å². The fourth-order valence-corrected chi connectivity index (χ4v) is 3.22. The van der Waals surface area contributed by atoms with Crippen LogP contribution >= 0.6 is 23.3 Å². The van der Waals surface area contributed by atoms with Crippen LogP contribution in [0.1, 0.15) is 13.8 Å². The van der Waals surface area contributed by atoms with Crippen molar-refractivity contribution < 1.29 is 0 Å². The van der Waals surface area contributed by atoms with Gasteiger partial charge >= 0.3 is 0 Å². The minimum Gasteiger partial charge on any atom is -0.363 e. The standard InChI is InChI=1S/C12H15ClN4S/c1-7-6-17(8(2)5-14-7)12-9(13)3-4-10-11(12)16-18-15-10/h3-4,7-8,14H,5-6H2,1-2H3. The van der Waals surface area contributed by atoms with Gasteiger partial charge in [0.25, 0.3) is 0 Å². The maximum atomic E-state index is 6.38. The second-order valence-electron chi connectivity index (χ2n) is 4.84. The number of benzene rings is 1. The van der Waals surface area contributed by atoms with Gasteiger partial charge in [-0.05, 0) is 26.0 Å². The molecule has 3 rings (SSSR count). The highest BCUT2D eigenvalue weighted by Gasteiger charge is 2.26. The van der Waals surface area contributed by atoms with Crippen molar-refractivity contribution in [3.63, 3.8) is 0 Å². The molecule has 1 aliphatic heterocycles. The van der Waals surface area contributed by atoms with Gasteiger partial charge in [0.2, 0.25) is 0 Å². The van der Waals surface area contributed by atoms with Crippen molar-refractivity contribution in [2.75, 3.05) is 18.0 Å². The van der Waals surface area contributed by atoms with Crippen molar-refractivity contribution in [2.45, 2.75) is 25.9 Å². The molecule has 0 bridgehead atoms. The normalized spacial score (nSPS) is 24.7. The lowest BCUT2D eigenvalue weighted by Crippen LogP contribution is -2.54. The highest BCUT2D eigenvalue weighted by molar-refractivity contribution is 7.00. The van der Waals surface area contributed by atoms with Crippen LogP contribution in [-0.4, -0.2) is 33.9 Å². The van der Waals surface area contributed by atoms with Gasteiger partial charge in [-0.15, -0.1) is 0 Å². The number of anilines is 1. The Morgan fingerprint density at radius 3 is 3.06 bits per heavy atom. The largest absolute Gasteiger partial charge is 0.363 e. The van der Waals surface area contributed by atoms with Crippen molar-refractivity contribution in [3.8, 4) is 0 Å². The molecule has 2 aromatic rings. The van der Waals surface area contributed by atoms with Gasteiger partial charge in [0.1, 0.15) is 11.0 Å². The summed E-state index contributed by atoms with van der Waals surface area (Å²) in [5, 5.41) is 4.23. The SMILES string of the molecule is CC1CN(c2c(Cl)ccc3nsnc23)C(C)CN1. The quantitative estimate of drug-likeness (QED) is 0.873. The van der Waals surface area contributed by atoms with Gasteiger partial charge in [-0.3, -0.25) is 0 Å². The van der Waals surface area contributed by atoms with Crippen LogP contribution in [-0.2, 0) is 0 Å². The first-order chi connectivity index (χ1) is 8.66. The van der Waals surface area contributed by atoms with Crippen molar-refractivity contribution in [1.82, 2.24) is 14.1 Å². The predicted octanol–water partition coefficient (Wildman–Crippen LogP) is 2.53. The zero-order valence-electron chi connectivity index (χ0n) is 10.4. The van der Waals surface area contributed by atoms with Gasteiger partial charge < -0.3 is 10.2 Å². The molecule has 2 heterocycles. The molecule has 0 amide bonds. The second-order valence-corrected chi connectivity index (χ2v) is 5.77.